The lowest BCUT2D eigenvalue weighted by Crippen LogP contribution is -2.64. The largest absolute Gasteiger partial charge is 0.459 e. The quantitative estimate of drug-likeness (QED) is 0.264. The van der Waals surface area contributed by atoms with Crippen LogP contribution in [0.15, 0.2) is 24.3 Å². The molecule has 2 aliphatic rings. The molecule has 1 amide bonds. The highest BCUT2D eigenvalue weighted by Crippen LogP contribution is 2.40. The summed E-state index contributed by atoms with van der Waals surface area (Å²) >= 11 is 0. The number of amides is 1. The zero-order chi connectivity index (χ0) is 18.3. The van der Waals surface area contributed by atoms with Crippen molar-refractivity contribution in [2.24, 2.45) is 5.92 Å². The van der Waals surface area contributed by atoms with Crippen LogP contribution in [0.2, 0.25) is 0 Å². The number of carbonyl (C=O) groups excluding carboxylic acids is 3. The number of non-ortho nitro benzene ring substituents is 1. The van der Waals surface area contributed by atoms with Crippen molar-refractivity contribution in [1.82, 2.24) is 4.90 Å². The predicted octanol–water partition coefficient (Wildman–Crippen LogP) is 0.187. The van der Waals surface area contributed by atoms with E-state index in [1.54, 1.807) is 0 Å². The SMILES string of the molecule is C[C@H](O)[C@H]1C(=O)N2C(C(=O)OCc3ccc([N+](=O)[O-])cc3)C(=O)C[C@@H]12. The molecule has 9 nitrogen and oxygen atoms in total. The highest BCUT2D eigenvalue weighted by molar-refractivity contribution is 6.11. The van der Waals surface area contributed by atoms with Crippen LogP contribution in [0.3, 0.4) is 0 Å². The molecule has 1 aromatic rings. The maximum atomic E-state index is 12.2. The van der Waals surface area contributed by atoms with E-state index < -0.39 is 46.7 Å². The summed E-state index contributed by atoms with van der Waals surface area (Å²) in [6, 6.07) is 3.73. The number of nitro groups is 1. The van der Waals surface area contributed by atoms with Gasteiger partial charge in [-0.1, -0.05) is 0 Å². The second kappa shape index (κ2) is 6.25. The molecule has 0 saturated carbocycles. The summed E-state index contributed by atoms with van der Waals surface area (Å²) in [6.07, 6.45) is -0.852. The van der Waals surface area contributed by atoms with Crippen molar-refractivity contribution < 1.29 is 29.2 Å². The number of esters is 1. The first-order chi connectivity index (χ1) is 11.8. The number of hydrogen-bond donors (Lipinski definition) is 1. The fourth-order valence-corrected chi connectivity index (χ4v) is 3.33. The van der Waals surface area contributed by atoms with Gasteiger partial charge in [-0.15, -0.1) is 0 Å². The molecule has 0 radical (unpaired) electrons. The molecule has 0 spiro atoms. The summed E-state index contributed by atoms with van der Waals surface area (Å²) in [5, 5.41) is 20.2. The van der Waals surface area contributed by atoms with Crippen molar-refractivity contribution in [3.8, 4) is 0 Å². The van der Waals surface area contributed by atoms with Gasteiger partial charge in [0.2, 0.25) is 5.91 Å². The first-order valence-corrected chi connectivity index (χ1v) is 7.74. The number of hydrogen-bond acceptors (Lipinski definition) is 7. The molecular weight excluding hydrogens is 332 g/mol. The maximum absolute atomic E-state index is 12.2. The second-order valence-corrected chi connectivity index (χ2v) is 6.18. The van der Waals surface area contributed by atoms with Gasteiger partial charge in [0.25, 0.3) is 5.69 Å². The average Bonchev–Trinajstić information content (AvgIpc) is 2.85. The standard InChI is InChI=1S/C16H16N2O7/c1-8(19)13-11-6-12(20)14(17(11)15(13)21)16(22)25-7-9-2-4-10(5-3-9)18(23)24/h2-5,8,11,13-14,19H,6-7H2,1H3/t8-,11-,13+,14?/m0/s1. The molecule has 1 aromatic carbocycles. The van der Waals surface area contributed by atoms with Gasteiger partial charge in [0.1, 0.15) is 6.61 Å². The molecule has 0 bridgehead atoms. The van der Waals surface area contributed by atoms with E-state index in [0.29, 0.717) is 5.56 Å². The van der Waals surface area contributed by atoms with E-state index in [0.717, 1.165) is 0 Å². The van der Waals surface area contributed by atoms with Gasteiger partial charge in [-0.3, -0.25) is 19.7 Å². The number of fused-ring (bicyclic) bond motifs is 1. The Morgan fingerprint density at radius 2 is 2.04 bits per heavy atom. The smallest absolute Gasteiger partial charge is 0.337 e. The van der Waals surface area contributed by atoms with Crippen molar-refractivity contribution in [2.45, 2.75) is 38.1 Å². The number of nitrogens with zero attached hydrogens (tertiary/aromatic N) is 2. The van der Waals surface area contributed by atoms with Crippen LogP contribution in [0.4, 0.5) is 5.69 Å². The lowest BCUT2D eigenvalue weighted by atomic mass is 9.84. The van der Waals surface area contributed by atoms with Gasteiger partial charge in [-0.2, -0.15) is 0 Å². The highest BCUT2D eigenvalue weighted by Gasteiger charge is 2.61. The number of ketones is 1. The molecule has 1 unspecified atom stereocenters. The Morgan fingerprint density at radius 1 is 1.40 bits per heavy atom. The monoisotopic (exact) mass is 348 g/mol. The minimum Gasteiger partial charge on any atom is -0.459 e. The van der Waals surface area contributed by atoms with Crippen LogP contribution in [0.5, 0.6) is 0 Å². The molecule has 0 aromatic heterocycles. The fourth-order valence-electron chi connectivity index (χ4n) is 3.33. The Morgan fingerprint density at radius 3 is 2.60 bits per heavy atom. The first-order valence-electron chi connectivity index (χ1n) is 7.74. The normalized spacial score (nSPS) is 26.0. The summed E-state index contributed by atoms with van der Waals surface area (Å²) in [6.45, 7) is 1.32. The number of nitro benzene ring substituents is 1. The number of Topliss-reactive ketones (excluding diaryl/α,β-unsaturated/α-hetero) is 1. The second-order valence-electron chi connectivity index (χ2n) is 6.18. The van der Waals surface area contributed by atoms with Gasteiger partial charge in [0.05, 0.1) is 23.0 Å². The summed E-state index contributed by atoms with van der Waals surface area (Å²) < 4.78 is 5.09. The van der Waals surface area contributed by atoms with Crippen LogP contribution < -0.4 is 0 Å². The number of carbonyl (C=O) groups is 3. The number of aliphatic hydroxyl groups excluding tert-OH is 1. The first kappa shape index (κ1) is 17.0. The zero-order valence-corrected chi connectivity index (χ0v) is 13.3. The van der Waals surface area contributed by atoms with Gasteiger partial charge in [0.15, 0.2) is 11.8 Å². The molecule has 132 valence electrons. The van der Waals surface area contributed by atoms with Gasteiger partial charge < -0.3 is 14.7 Å². The predicted molar refractivity (Wildman–Crippen MR) is 82.1 cm³/mol. The molecule has 0 aliphatic carbocycles. The third-order valence-corrected chi connectivity index (χ3v) is 4.58. The lowest BCUT2D eigenvalue weighted by Gasteiger charge is -2.45. The Kier molecular flexibility index (Phi) is 4.25. The molecular formula is C16H16N2O7. The van der Waals surface area contributed by atoms with Gasteiger partial charge >= 0.3 is 5.97 Å². The molecule has 3 rings (SSSR count). The Labute approximate surface area is 142 Å². The molecule has 9 heteroatoms. The highest BCUT2D eigenvalue weighted by atomic mass is 16.6. The van der Waals surface area contributed by atoms with Crippen LogP contribution in [-0.2, 0) is 25.7 Å². The van der Waals surface area contributed by atoms with Crippen molar-refractivity contribution in [3.63, 3.8) is 0 Å². The van der Waals surface area contributed by atoms with Gasteiger partial charge in [-0.05, 0) is 24.6 Å². The molecule has 2 heterocycles. The van der Waals surface area contributed by atoms with E-state index in [1.807, 2.05) is 0 Å². The molecule has 25 heavy (non-hydrogen) atoms. The van der Waals surface area contributed by atoms with Crippen molar-refractivity contribution in [3.05, 3.63) is 39.9 Å². The number of β-lactam (4-membered cyclic amide) rings is 1. The molecule has 4 atom stereocenters. The molecule has 2 aliphatic heterocycles. The number of benzene rings is 1. The van der Waals surface area contributed by atoms with E-state index in [1.165, 1.54) is 36.1 Å². The van der Waals surface area contributed by atoms with E-state index in [4.69, 9.17) is 4.74 Å². The third-order valence-electron chi connectivity index (χ3n) is 4.58. The van der Waals surface area contributed by atoms with Crippen LogP contribution in [0.1, 0.15) is 18.9 Å². The van der Waals surface area contributed by atoms with Crippen LogP contribution in [0, 0.1) is 16.0 Å². The number of rotatable bonds is 5. The maximum Gasteiger partial charge on any atom is 0.337 e. The minimum absolute atomic E-state index is 0.0264. The van der Waals surface area contributed by atoms with E-state index in [9.17, 15) is 29.6 Å². The summed E-state index contributed by atoms with van der Waals surface area (Å²) in [7, 11) is 0. The van der Waals surface area contributed by atoms with Crippen LogP contribution in [0.25, 0.3) is 0 Å². The van der Waals surface area contributed by atoms with E-state index in [-0.39, 0.29) is 18.7 Å². The summed E-state index contributed by atoms with van der Waals surface area (Å²) in [4.78, 5) is 47.6. The topological polar surface area (TPSA) is 127 Å². The van der Waals surface area contributed by atoms with E-state index >= 15 is 0 Å². The summed E-state index contributed by atoms with van der Waals surface area (Å²) in [5.74, 6) is -2.32. The molecule has 2 fully saturated rings. The van der Waals surface area contributed by atoms with Gasteiger partial charge in [0, 0.05) is 18.6 Å². The number of ether oxygens (including phenoxy) is 1. The Balaban J connectivity index is 1.63. The van der Waals surface area contributed by atoms with Gasteiger partial charge in [-0.25, -0.2) is 4.79 Å². The van der Waals surface area contributed by atoms with Crippen LogP contribution >= 0.6 is 0 Å². The average molecular weight is 348 g/mol. The minimum atomic E-state index is -1.27. The van der Waals surface area contributed by atoms with Crippen molar-refractivity contribution >= 4 is 23.3 Å². The fraction of sp³-hybridized carbons (Fsp3) is 0.438. The zero-order valence-electron chi connectivity index (χ0n) is 13.3. The van der Waals surface area contributed by atoms with Crippen molar-refractivity contribution in [1.29, 1.82) is 0 Å². The molecule has 2 saturated heterocycles. The summed E-state index contributed by atoms with van der Waals surface area (Å²) in [5.41, 5.74) is 0.442. The van der Waals surface area contributed by atoms with E-state index in [2.05, 4.69) is 0 Å². The Bertz CT molecular complexity index is 743. The van der Waals surface area contributed by atoms with Crippen LogP contribution in [-0.4, -0.2) is 50.8 Å². The lowest BCUT2D eigenvalue weighted by molar-refractivity contribution is -0.384. The number of aliphatic hydroxyl groups is 1. The Hall–Kier alpha value is -2.81. The third kappa shape index (κ3) is 2.86. The molecule has 1 N–H and O–H groups in total. The van der Waals surface area contributed by atoms with Crippen molar-refractivity contribution in [2.75, 3.05) is 0 Å².